The molecular weight excluding hydrogens is 316 g/mol. The summed E-state index contributed by atoms with van der Waals surface area (Å²) in [4.78, 5) is 12.0. The van der Waals surface area contributed by atoms with E-state index in [4.69, 9.17) is 5.73 Å². The highest BCUT2D eigenvalue weighted by molar-refractivity contribution is 9.10. The smallest absolute Gasteiger partial charge is 0.240 e. The van der Waals surface area contributed by atoms with Crippen LogP contribution in [0.4, 0.5) is 0 Å². The molecule has 1 aliphatic rings. The van der Waals surface area contributed by atoms with Crippen LogP contribution in [0.25, 0.3) is 0 Å². The average molecular weight is 334 g/mol. The van der Waals surface area contributed by atoms with Crippen LogP contribution in [0.2, 0.25) is 0 Å². The summed E-state index contributed by atoms with van der Waals surface area (Å²) >= 11 is 3.46. The van der Waals surface area contributed by atoms with Gasteiger partial charge in [0, 0.05) is 11.0 Å². The van der Waals surface area contributed by atoms with Gasteiger partial charge in [0.05, 0.1) is 5.54 Å². The molecule has 3 nitrogen and oxygen atoms in total. The van der Waals surface area contributed by atoms with E-state index in [1.807, 2.05) is 24.3 Å². The largest absolute Gasteiger partial charge is 0.350 e. The van der Waals surface area contributed by atoms with Crippen LogP contribution in [-0.4, -0.2) is 11.4 Å². The molecule has 1 amide bonds. The molecule has 2 rings (SSSR count). The number of halogens is 2. The fourth-order valence-electron chi connectivity index (χ4n) is 2.23. The quantitative estimate of drug-likeness (QED) is 0.893. The normalized spacial score (nSPS) is 17.0. The van der Waals surface area contributed by atoms with Crippen molar-refractivity contribution in [2.75, 3.05) is 0 Å². The van der Waals surface area contributed by atoms with Gasteiger partial charge in [-0.3, -0.25) is 4.79 Å². The van der Waals surface area contributed by atoms with Gasteiger partial charge in [0.2, 0.25) is 5.91 Å². The van der Waals surface area contributed by atoms with Gasteiger partial charge in [0.1, 0.15) is 0 Å². The third kappa shape index (κ3) is 3.46. The predicted molar refractivity (Wildman–Crippen MR) is 78.6 cm³/mol. The van der Waals surface area contributed by atoms with Crippen molar-refractivity contribution in [1.82, 2.24) is 5.32 Å². The lowest BCUT2D eigenvalue weighted by atomic mass is 9.98. The second-order valence-corrected chi connectivity index (χ2v) is 5.49. The first kappa shape index (κ1) is 15.5. The van der Waals surface area contributed by atoms with Gasteiger partial charge in [-0.1, -0.05) is 47.0 Å². The van der Waals surface area contributed by atoms with Crippen LogP contribution < -0.4 is 11.1 Å². The molecule has 1 fully saturated rings. The van der Waals surface area contributed by atoms with Gasteiger partial charge in [-0.05, 0) is 24.5 Å². The summed E-state index contributed by atoms with van der Waals surface area (Å²) in [5.74, 6) is -0.0225. The number of carbonyl (C=O) groups excluding carboxylic acids is 1. The van der Waals surface area contributed by atoms with Crippen LogP contribution in [0, 0.1) is 0 Å². The van der Waals surface area contributed by atoms with Crippen molar-refractivity contribution in [2.45, 2.75) is 37.8 Å². The summed E-state index contributed by atoms with van der Waals surface area (Å²) < 4.78 is 1.01. The van der Waals surface area contributed by atoms with Gasteiger partial charge >= 0.3 is 0 Å². The molecule has 18 heavy (non-hydrogen) atoms. The van der Waals surface area contributed by atoms with Crippen LogP contribution in [0.15, 0.2) is 28.7 Å². The van der Waals surface area contributed by atoms with Gasteiger partial charge in [-0.15, -0.1) is 12.4 Å². The lowest BCUT2D eigenvalue weighted by Gasteiger charge is -2.22. The SMILES string of the molecule is Cl.NC1(C(=O)NCc2ccccc2Br)CCCC1. The lowest BCUT2D eigenvalue weighted by Crippen LogP contribution is -2.51. The standard InChI is InChI=1S/C13H17BrN2O.ClH/c14-11-6-2-1-5-10(11)9-16-12(17)13(15)7-3-4-8-13;/h1-2,5-6H,3-4,7-9,15H2,(H,16,17);1H. The molecule has 100 valence electrons. The predicted octanol–water partition coefficient (Wildman–Crippen LogP) is 2.76. The monoisotopic (exact) mass is 332 g/mol. The average Bonchev–Trinajstić information content (AvgIpc) is 2.76. The highest BCUT2D eigenvalue weighted by Crippen LogP contribution is 2.27. The summed E-state index contributed by atoms with van der Waals surface area (Å²) in [7, 11) is 0. The maximum Gasteiger partial charge on any atom is 0.240 e. The molecule has 1 saturated carbocycles. The van der Waals surface area contributed by atoms with E-state index < -0.39 is 5.54 Å². The number of nitrogens with one attached hydrogen (secondary N) is 1. The summed E-state index contributed by atoms with van der Waals surface area (Å²) in [6.07, 6.45) is 3.71. The number of nitrogens with two attached hydrogens (primary N) is 1. The van der Waals surface area contributed by atoms with Gasteiger partial charge in [0.15, 0.2) is 0 Å². The van der Waals surface area contributed by atoms with Crippen LogP contribution in [0.3, 0.4) is 0 Å². The fraction of sp³-hybridized carbons (Fsp3) is 0.462. The first-order valence-corrected chi connectivity index (χ1v) is 6.72. The van der Waals surface area contributed by atoms with Crippen LogP contribution in [0.5, 0.6) is 0 Å². The Morgan fingerprint density at radius 1 is 1.33 bits per heavy atom. The molecule has 0 radical (unpaired) electrons. The maximum atomic E-state index is 12.0. The molecule has 3 N–H and O–H groups in total. The minimum atomic E-state index is -0.638. The summed E-state index contributed by atoms with van der Waals surface area (Å²) in [6, 6.07) is 7.87. The minimum absolute atomic E-state index is 0. The Balaban J connectivity index is 0.00000162. The van der Waals surface area contributed by atoms with Crippen molar-refractivity contribution < 1.29 is 4.79 Å². The molecule has 0 unspecified atom stereocenters. The van der Waals surface area contributed by atoms with Crippen molar-refractivity contribution >= 4 is 34.2 Å². The van der Waals surface area contributed by atoms with E-state index in [9.17, 15) is 4.79 Å². The van der Waals surface area contributed by atoms with E-state index in [-0.39, 0.29) is 18.3 Å². The molecule has 0 atom stereocenters. The molecule has 0 saturated heterocycles. The maximum absolute atomic E-state index is 12.0. The molecular formula is C13H18BrClN2O. The Kier molecular flexibility index (Phi) is 5.63. The number of hydrogen-bond acceptors (Lipinski definition) is 2. The highest BCUT2D eigenvalue weighted by Gasteiger charge is 2.36. The summed E-state index contributed by atoms with van der Waals surface area (Å²) in [5.41, 5.74) is 6.52. The van der Waals surface area contributed by atoms with E-state index in [0.29, 0.717) is 6.54 Å². The van der Waals surface area contributed by atoms with Gasteiger partial charge < -0.3 is 11.1 Å². The van der Waals surface area contributed by atoms with Crippen molar-refractivity contribution in [2.24, 2.45) is 5.73 Å². The number of carbonyl (C=O) groups is 1. The zero-order chi connectivity index (χ0) is 12.3. The Bertz CT molecular complexity index is 419. The first-order chi connectivity index (χ1) is 8.12. The molecule has 0 spiro atoms. The molecule has 5 heteroatoms. The molecule has 1 aromatic carbocycles. The van der Waals surface area contributed by atoms with Crippen LogP contribution >= 0.6 is 28.3 Å². The number of rotatable bonds is 3. The second kappa shape index (κ2) is 6.55. The fourth-order valence-corrected chi connectivity index (χ4v) is 2.65. The van der Waals surface area contributed by atoms with Crippen LogP contribution in [0.1, 0.15) is 31.2 Å². The lowest BCUT2D eigenvalue weighted by molar-refractivity contribution is -0.126. The molecule has 0 bridgehead atoms. The van der Waals surface area contributed by atoms with Gasteiger partial charge in [0.25, 0.3) is 0 Å². The Hall–Kier alpha value is -0.580. The first-order valence-electron chi connectivity index (χ1n) is 5.92. The van der Waals surface area contributed by atoms with E-state index >= 15 is 0 Å². The molecule has 0 aromatic heterocycles. The van der Waals surface area contributed by atoms with E-state index in [0.717, 1.165) is 35.7 Å². The third-order valence-corrected chi connectivity index (χ3v) is 4.12. The third-order valence-electron chi connectivity index (χ3n) is 3.35. The highest BCUT2D eigenvalue weighted by atomic mass is 79.9. The molecule has 0 heterocycles. The summed E-state index contributed by atoms with van der Waals surface area (Å²) in [6.45, 7) is 0.527. The van der Waals surface area contributed by atoms with E-state index in [1.54, 1.807) is 0 Å². The minimum Gasteiger partial charge on any atom is -0.350 e. The number of amides is 1. The zero-order valence-electron chi connectivity index (χ0n) is 10.1. The van der Waals surface area contributed by atoms with Crippen LogP contribution in [-0.2, 0) is 11.3 Å². The summed E-state index contributed by atoms with van der Waals surface area (Å²) in [5, 5.41) is 2.93. The second-order valence-electron chi connectivity index (χ2n) is 4.64. The molecule has 0 aliphatic heterocycles. The Morgan fingerprint density at radius 3 is 2.56 bits per heavy atom. The molecule has 1 aromatic rings. The topological polar surface area (TPSA) is 55.1 Å². The zero-order valence-corrected chi connectivity index (χ0v) is 12.5. The Labute approximate surface area is 122 Å². The van der Waals surface area contributed by atoms with Crippen molar-refractivity contribution in [3.05, 3.63) is 34.3 Å². The van der Waals surface area contributed by atoms with E-state index in [2.05, 4.69) is 21.2 Å². The van der Waals surface area contributed by atoms with Gasteiger partial charge in [-0.2, -0.15) is 0 Å². The molecule has 1 aliphatic carbocycles. The van der Waals surface area contributed by atoms with E-state index in [1.165, 1.54) is 0 Å². The van der Waals surface area contributed by atoms with Crippen molar-refractivity contribution in [3.63, 3.8) is 0 Å². The van der Waals surface area contributed by atoms with Crippen molar-refractivity contribution in [1.29, 1.82) is 0 Å². The van der Waals surface area contributed by atoms with Crippen molar-refractivity contribution in [3.8, 4) is 0 Å². The van der Waals surface area contributed by atoms with Gasteiger partial charge in [-0.25, -0.2) is 0 Å². The Morgan fingerprint density at radius 2 is 1.94 bits per heavy atom. The number of benzene rings is 1. The number of hydrogen-bond donors (Lipinski definition) is 2.